The largest absolute Gasteiger partial charge is 0.292 e. The van der Waals surface area contributed by atoms with Gasteiger partial charge >= 0.3 is 0 Å². The fraction of sp³-hybridized carbons (Fsp3) is 0.385. The molecule has 0 aromatic heterocycles. The number of rotatable bonds is 4. The molecule has 1 aromatic rings. The van der Waals surface area contributed by atoms with Crippen LogP contribution in [0.15, 0.2) is 29.2 Å². The molecule has 0 heterocycles. The number of benzene rings is 1. The molecule has 0 aliphatic carbocycles. The highest BCUT2D eigenvalue weighted by Crippen LogP contribution is 2.23. The van der Waals surface area contributed by atoms with Crippen LogP contribution in [0.4, 0.5) is 0 Å². The monoisotopic (exact) mass is 233 g/mol. The standard InChI is InChI=1S/C13H15NOS/c1-4-16-11-7-5-10(6-8-11)12(15)13(2,3)9-14/h5-8H,4H2,1-3H3. The SMILES string of the molecule is CCSc1ccc(C(=O)C(C)(C)C#N)cc1. The maximum absolute atomic E-state index is 11.9. The Balaban J connectivity index is 2.91. The van der Waals surface area contributed by atoms with E-state index >= 15 is 0 Å². The predicted molar refractivity (Wildman–Crippen MR) is 66.6 cm³/mol. The molecule has 0 bridgehead atoms. The minimum atomic E-state index is -0.945. The van der Waals surface area contributed by atoms with Crippen molar-refractivity contribution in [2.24, 2.45) is 5.41 Å². The van der Waals surface area contributed by atoms with E-state index in [1.54, 1.807) is 37.7 Å². The van der Waals surface area contributed by atoms with Crippen molar-refractivity contribution in [2.75, 3.05) is 5.75 Å². The Morgan fingerprint density at radius 3 is 2.38 bits per heavy atom. The number of ketones is 1. The first-order chi connectivity index (χ1) is 7.51. The Kier molecular flexibility index (Phi) is 4.14. The quantitative estimate of drug-likeness (QED) is 0.590. The topological polar surface area (TPSA) is 40.9 Å². The van der Waals surface area contributed by atoms with Crippen LogP contribution < -0.4 is 0 Å². The summed E-state index contributed by atoms with van der Waals surface area (Å²) in [5.41, 5.74) is -0.341. The van der Waals surface area contributed by atoms with E-state index in [9.17, 15) is 4.79 Å². The minimum Gasteiger partial charge on any atom is -0.292 e. The maximum atomic E-state index is 11.9. The molecule has 0 unspecified atom stereocenters. The van der Waals surface area contributed by atoms with Crippen molar-refractivity contribution < 1.29 is 4.79 Å². The summed E-state index contributed by atoms with van der Waals surface area (Å²) in [6.45, 7) is 5.37. The molecule has 0 N–H and O–H groups in total. The molecule has 0 aliphatic rings. The molecule has 16 heavy (non-hydrogen) atoms. The first-order valence-electron chi connectivity index (χ1n) is 5.20. The zero-order valence-electron chi connectivity index (χ0n) is 9.78. The average molecular weight is 233 g/mol. The highest BCUT2D eigenvalue weighted by atomic mass is 32.2. The summed E-state index contributed by atoms with van der Waals surface area (Å²) >= 11 is 1.73. The first kappa shape index (κ1) is 12.8. The summed E-state index contributed by atoms with van der Waals surface area (Å²) in [5.74, 6) is 0.889. The smallest absolute Gasteiger partial charge is 0.182 e. The summed E-state index contributed by atoms with van der Waals surface area (Å²) in [5, 5.41) is 8.89. The molecule has 84 valence electrons. The van der Waals surface area contributed by atoms with E-state index in [2.05, 4.69) is 6.92 Å². The Morgan fingerprint density at radius 2 is 1.94 bits per heavy atom. The van der Waals surface area contributed by atoms with Gasteiger partial charge in [0.05, 0.1) is 6.07 Å². The lowest BCUT2D eigenvalue weighted by Crippen LogP contribution is -2.22. The second-order valence-corrected chi connectivity index (χ2v) is 5.36. The van der Waals surface area contributed by atoms with Gasteiger partial charge in [0.15, 0.2) is 5.78 Å². The van der Waals surface area contributed by atoms with E-state index in [0.717, 1.165) is 10.6 Å². The van der Waals surface area contributed by atoms with Gasteiger partial charge in [-0.25, -0.2) is 0 Å². The van der Waals surface area contributed by atoms with Crippen molar-refractivity contribution in [1.82, 2.24) is 0 Å². The van der Waals surface area contributed by atoms with E-state index in [1.165, 1.54) is 0 Å². The Labute approximate surface area is 101 Å². The van der Waals surface area contributed by atoms with Crippen LogP contribution in [0, 0.1) is 16.7 Å². The highest BCUT2D eigenvalue weighted by molar-refractivity contribution is 7.99. The summed E-state index contributed by atoms with van der Waals surface area (Å²) in [6.07, 6.45) is 0. The average Bonchev–Trinajstić information content (AvgIpc) is 2.29. The lowest BCUT2D eigenvalue weighted by Gasteiger charge is -2.13. The zero-order valence-corrected chi connectivity index (χ0v) is 10.6. The van der Waals surface area contributed by atoms with Gasteiger partial charge < -0.3 is 0 Å². The van der Waals surface area contributed by atoms with Gasteiger partial charge in [-0.15, -0.1) is 11.8 Å². The second-order valence-electron chi connectivity index (χ2n) is 4.02. The third-order valence-electron chi connectivity index (χ3n) is 2.27. The minimum absolute atomic E-state index is 0.122. The molecule has 0 atom stereocenters. The summed E-state index contributed by atoms with van der Waals surface area (Å²) in [4.78, 5) is 13.1. The van der Waals surface area contributed by atoms with Crippen molar-refractivity contribution in [2.45, 2.75) is 25.7 Å². The molecule has 0 radical (unpaired) electrons. The lowest BCUT2D eigenvalue weighted by molar-refractivity contribution is 0.0892. The Hall–Kier alpha value is -1.27. The van der Waals surface area contributed by atoms with Gasteiger partial charge in [-0.2, -0.15) is 5.26 Å². The number of nitrogens with zero attached hydrogens (tertiary/aromatic N) is 1. The molecule has 3 heteroatoms. The van der Waals surface area contributed by atoms with E-state index in [0.29, 0.717) is 5.56 Å². The van der Waals surface area contributed by atoms with Crippen LogP contribution in [0.2, 0.25) is 0 Å². The molecule has 0 fully saturated rings. The van der Waals surface area contributed by atoms with Crippen LogP contribution in [-0.2, 0) is 0 Å². The molecule has 0 spiro atoms. The fourth-order valence-electron chi connectivity index (χ4n) is 1.28. The van der Waals surface area contributed by atoms with Crippen molar-refractivity contribution in [1.29, 1.82) is 5.26 Å². The first-order valence-corrected chi connectivity index (χ1v) is 6.18. The van der Waals surface area contributed by atoms with Crippen LogP contribution in [-0.4, -0.2) is 11.5 Å². The van der Waals surface area contributed by atoms with Gasteiger partial charge in [0.2, 0.25) is 0 Å². The molecule has 0 aliphatic heterocycles. The number of carbonyl (C=O) groups is 1. The second kappa shape index (κ2) is 5.18. The van der Waals surface area contributed by atoms with Gasteiger partial charge in [0, 0.05) is 10.5 Å². The Bertz CT molecular complexity index is 415. The third-order valence-corrected chi connectivity index (χ3v) is 3.17. The molecular weight excluding hydrogens is 218 g/mol. The van der Waals surface area contributed by atoms with Gasteiger partial charge in [0.25, 0.3) is 0 Å². The number of hydrogen-bond donors (Lipinski definition) is 0. The molecule has 1 rings (SSSR count). The van der Waals surface area contributed by atoms with E-state index in [-0.39, 0.29) is 5.78 Å². The number of Topliss-reactive ketones (excluding diaryl/α,β-unsaturated/α-hetero) is 1. The van der Waals surface area contributed by atoms with E-state index < -0.39 is 5.41 Å². The van der Waals surface area contributed by atoms with Crippen molar-refractivity contribution in [3.8, 4) is 6.07 Å². The number of thioether (sulfide) groups is 1. The highest BCUT2D eigenvalue weighted by Gasteiger charge is 2.28. The molecular formula is C13H15NOS. The van der Waals surface area contributed by atoms with Crippen molar-refractivity contribution in [3.63, 3.8) is 0 Å². The van der Waals surface area contributed by atoms with Crippen LogP contribution >= 0.6 is 11.8 Å². The lowest BCUT2D eigenvalue weighted by atomic mass is 9.86. The summed E-state index contributed by atoms with van der Waals surface area (Å²) in [7, 11) is 0. The van der Waals surface area contributed by atoms with Gasteiger partial charge in [-0.05, 0) is 31.7 Å². The number of hydrogen-bond acceptors (Lipinski definition) is 3. The van der Waals surface area contributed by atoms with E-state index in [4.69, 9.17) is 5.26 Å². The molecule has 0 saturated carbocycles. The van der Waals surface area contributed by atoms with E-state index in [1.807, 2.05) is 18.2 Å². The molecule has 2 nitrogen and oxygen atoms in total. The molecule has 0 saturated heterocycles. The van der Waals surface area contributed by atoms with Crippen LogP contribution in [0.1, 0.15) is 31.1 Å². The van der Waals surface area contributed by atoms with Crippen LogP contribution in [0.3, 0.4) is 0 Å². The molecule has 0 amide bonds. The summed E-state index contributed by atoms with van der Waals surface area (Å²) < 4.78 is 0. The number of carbonyl (C=O) groups excluding carboxylic acids is 1. The number of nitriles is 1. The Morgan fingerprint density at radius 1 is 1.38 bits per heavy atom. The zero-order chi connectivity index (χ0) is 12.2. The van der Waals surface area contributed by atoms with Gasteiger partial charge in [-0.1, -0.05) is 19.1 Å². The third kappa shape index (κ3) is 2.86. The fourth-order valence-corrected chi connectivity index (χ4v) is 1.94. The maximum Gasteiger partial charge on any atom is 0.182 e. The van der Waals surface area contributed by atoms with Crippen molar-refractivity contribution >= 4 is 17.5 Å². The van der Waals surface area contributed by atoms with Crippen molar-refractivity contribution in [3.05, 3.63) is 29.8 Å². The van der Waals surface area contributed by atoms with Gasteiger partial charge in [-0.3, -0.25) is 4.79 Å². The summed E-state index contributed by atoms with van der Waals surface area (Å²) in [6, 6.07) is 9.46. The van der Waals surface area contributed by atoms with Crippen LogP contribution in [0.25, 0.3) is 0 Å². The van der Waals surface area contributed by atoms with Gasteiger partial charge in [0.1, 0.15) is 5.41 Å². The predicted octanol–water partition coefficient (Wildman–Crippen LogP) is 3.53. The normalized spacial score (nSPS) is 10.9. The molecule has 1 aromatic carbocycles. The van der Waals surface area contributed by atoms with Crippen LogP contribution in [0.5, 0.6) is 0 Å².